The molecule has 1 fully saturated rings. The van der Waals surface area contributed by atoms with Crippen LogP contribution in [0, 0.1) is 5.41 Å². The summed E-state index contributed by atoms with van der Waals surface area (Å²) in [5.41, 5.74) is 1.40. The van der Waals surface area contributed by atoms with Crippen LogP contribution in [0.4, 0.5) is 5.95 Å². The number of para-hydroxylation sites is 1. The van der Waals surface area contributed by atoms with E-state index in [-0.39, 0.29) is 0 Å². The number of nitrogens with zero attached hydrogens (tertiary/aromatic N) is 4. The van der Waals surface area contributed by atoms with Crippen LogP contribution in [0.2, 0.25) is 0 Å². The third-order valence-corrected chi connectivity index (χ3v) is 3.77. The summed E-state index contributed by atoms with van der Waals surface area (Å²) in [6.07, 6.45) is 3.58. The molecule has 1 atom stereocenters. The second-order valence-electron chi connectivity index (χ2n) is 6.00. The Morgan fingerprint density at radius 2 is 2.05 bits per heavy atom. The molecule has 1 N–H and O–H groups in total. The van der Waals surface area contributed by atoms with Gasteiger partial charge in [-0.05, 0) is 47.2 Å². The second-order valence-corrected chi connectivity index (χ2v) is 6.00. The maximum absolute atomic E-state index is 4.09. The minimum absolute atomic E-state index is 0.419. The van der Waals surface area contributed by atoms with Crippen LogP contribution in [0.5, 0.6) is 0 Å². The smallest absolute Gasteiger partial charge is 0.247 e. The normalized spacial score (nSPS) is 21.5. The van der Waals surface area contributed by atoms with Crippen molar-refractivity contribution >= 4 is 5.95 Å². The summed E-state index contributed by atoms with van der Waals surface area (Å²) in [5.74, 6) is 0.730. The number of benzene rings is 1. The van der Waals surface area contributed by atoms with E-state index in [4.69, 9.17) is 0 Å². The molecule has 0 radical (unpaired) electrons. The maximum atomic E-state index is 4.09. The molecule has 1 aliphatic rings. The van der Waals surface area contributed by atoms with Gasteiger partial charge in [0.15, 0.2) is 0 Å². The lowest BCUT2D eigenvalue weighted by Crippen LogP contribution is -2.20. The molecule has 1 aliphatic carbocycles. The van der Waals surface area contributed by atoms with Gasteiger partial charge in [-0.3, -0.25) is 0 Å². The predicted molar refractivity (Wildman–Crippen MR) is 74.2 cm³/mol. The molecule has 1 aromatic carbocycles. The fourth-order valence-electron chi connectivity index (χ4n) is 2.76. The zero-order valence-corrected chi connectivity index (χ0v) is 11.4. The van der Waals surface area contributed by atoms with Crippen molar-refractivity contribution in [2.24, 2.45) is 5.41 Å². The SMILES string of the molecule is CC1(C)CCC(Nc2nnnn2-c2ccccc2)C1. The Hall–Kier alpha value is -1.91. The maximum Gasteiger partial charge on any atom is 0.247 e. The van der Waals surface area contributed by atoms with Crippen LogP contribution >= 0.6 is 0 Å². The van der Waals surface area contributed by atoms with Crippen molar-refractivity contribution in [1.29, 1.82) is 0 Å². The standard InChI is InChI=1S/C14H19N5/c1-14(2)9-8-11(10-14)15-13-16-17-18-19(13)12-6-4-3-5-7-12/h3-7,11H,8-10H2,1-2H3,(H,15,16,18). The number of nitrogens with one attached hydrogen (secondary N) is 1. The molecular weight excluding hydrogens is 238 g/mol. The first-order chi connectivity index (χ1) is 9.14. The van der Waals surface area contributed by atoms with E-state index in [1.54, 1.807) is 4.68 Å². The summed E-state index contributed by atoms with van der Waals surface area (Å²) in [6.45, 7) is 4.63. The highest BCUT2D eigenvalue weighted by atomic mass is 15.6. The van der Waals surface area contributed by atoms with Gasteiger partial charge >= 0.3 is 0 Å². The van der Waals surface area contributed by atoms with Gasteiger partial charge in [-0.2, -0.15) is 4.68 Å². The highest BCUT2D eigenvalue weighted by molar-refractivity contribution is 5.39. The minimum atomic E-state index is 0.419. The Morgan fingerprint density at radius 3 is 2.74 bits per heavy atom. The zero-order valence-electron chi connectivity index (χ0n) is 11.4. The molecule has 1 unspecified atom stereocenters. The average molecular weight is 257 g/mol. The van der Waals surface area contributed by atoms with E-state index in [2.05, 4.69) is 34.7 Å². The molecular formula is C14H19N5. The summed E-state index contributed by atoms with van der Waals surface area (Å²) >= 11 is 0. The highest BCUT2D eigenvalue weighted by Gasteiger charge is 2.31. The van der Waals surface area contributed by atoms with Crippen LogP contribution in [0.1, 0.15) is 33.1 Å². The van der Waals surface area contributed by atoms with Crippen molar-refractivity contribution in [3.63, 3.8) is 0 Å². The molecule has 5 heteroatoms. The molecule has 2 aromatic rings. The Labute approximate surface area is 113 Å². The largest absolute Gasteiger partial charge is 0.350 e. The molecule has 1 heterocycles. The van der Waals surface area contributed by atoms with Crippen molar-refractivity contribution in [1.82, 2.24) is 20.2 Å². The average Bonchev–Trinajstić information content (AvgIpc) is 2.98. The van der Waals surface area contributed by atoms with Gasteiger partial charge in [0.05, 0.1) is 5.69 Å². The molecule has 0 amide bonds. The Kier molecular flexibility index (Phi) is 2.97. The van der Waals surface area contributed by atoms with Gasteiger partial charge in [0.2, 0.25) is 5.95 Å². The third kappa shape index (κ3) is 2.59. The zero-order chi connectivity index (χ0) is 13.3. The van der Waals surface area contributed by atoms with Gasteiger partial charge in [-0.1, -0.05) is 37.1 Å². The van der Waals surface area contributed by atoms with Gasteiger partial charge < -0.3 is 5.32 Å². The van der Waals surface area contributed by atoms with Crippen molar-refractivity contribution < 1.29 is 0 Å². The van der Waals surface area contributed by atoms with Crippen molar-refractivity contribution in [2.45, 2.75) is 39.2 Å². The number of aromatic nitrogens is 4. The molecule has 0 saturated heterocycles. The number of tetrazole rings is 1. The summed E-state index contributed by atoms with van der Waals surface area (Å²) in [4.78, 5) is 0. The molecule has 0 spiro atoms. The molecule has 1 saturated carbocycles. The van der Waals surface area contributed by atoms with Crippen molar-refractivity contribution in [3.05, 3.63) is 30.3 Å². The van der Waals surface area contributed by atoms with Crippen molar-refractivity contribution in [3.8, 4) is 5.69 Å². The Balaban J connectivity index is 1.78. The predicted octanol–water partition coefficient (Wildman–Crippen LogP) is 2.65. The molecule has 3 rings (SSSR count). The van der Waals surface area contributed by atoms with Gasteiger partial charge in [0.1, 0.15) is 0 Å². The quantitative estimate of drug-likeness (QED) is 0.918. The third-order valence-electron chi connectivity index (χ3n) is 3.77. The van der Waals surface area contributed by atoms with E-state index in [0.29, 0.717) is 11.5 Å². The lowest BCUT2D eigenvalue weighted by Gasteiger charge is -2.18. The number of hydrogen-bond donors (Lipinski definition) is 1. The van der Waals surface area contributed by atoms with E-state index in [9.17, 15) is 0 Å². The summed E-state index contributed by atoms with van der Waals surface area (Å²) < 4.78 is 1.76. The summed E-state index contributed by atoms with van der Waals surface area (Å²) in [7, 11) is 0. The fourth-order valence-corrected chi connectivity index (χ4v) is 2.76. The monoisotopic (exact) mass is 257 g/mol. The van der Waals surface area contributed by atoms with Gasteiger partial charge in [0.25, 0.3) is 0 Å². The first-order valence-corrected chi connectivity index (χ1v) is 6.74. The van der Waals surface area contributed by atoms with E-state index in [1.807, 2.05) is 30.3 Å². The Bertz CT molecular complexity index is 546. The topological polar surface area (TPSA) is 55.6 Å². The van der Waals surface area contributed by atoms with Crippen LogP contribution in [-0.4, -0.2) is 26.2 Å². The van der Waals surface area contributed by atoms with Crippen LogP contribution < -0.4 is 5.32 Å². The molecule has 0 aliphatic heterocycles. The lowest BCUT2D eigenvalue weighted by molar-refractivity contribution is 0.378. The van der Waals surface area contributed by atoms with E-state index in [1.165, 1.54) is 12.8 Å². The van der Waals surface area contributed by atoms with E-state index in [0.717, 1.165) is 18.1 Å². The summed E-state index contributed by atoms with van der Waals surface area (Å²) in [6, 6.07) is 10.4. The highest BCUT2D eigenvalue weighted by Crippen LogP contribution is 2.38. The van der Waals surface area contributed by atoms with Crippen molar-refractivity contribution in [2.75, 3.05) is 5.32 Å². The summed E-state index contributed by atoms with van der Waals surface area (Å²) in [5, 5.41) is 15.4. The fraction of sp³-hybridized carbons (Fsp3) is 0.500. The van der Waals surface area contributed by atoms with Crippen LogP contribution in [0.3, 0.4) is 0 Å². The molecule has 5 nitrogen and oxygen atoms in total. The number of hydrogen-bond acceptors (Lipinski definition) is 4. The first kappa shape index (κ1) is 12.1. The number of rotatable bonds is 3. The molecule has 19 heavy (non-hydrogen) atoms. The molecule has 0 bridgehead atoms. The van der Waals surface area contributed by atoms with Crippen LogP contribution in [0.25, 0.3) is 5.69 Å². The van der Waals surface area contributed by atoms with E-state index >= 15 is 0 Å². The number of anilines is 1. The van der Waals surface area contributed by atoms with Crippen LogP contribution in [-0.2, 0) is 0 Å². The minimum Gasteiger partial charge on any atom is -0.350 e. The van der Waals surface area contributed by atoms with Crippen LogP contribution in [0.15, 0.2) is 30.3 Å². The second kappa shape index (κ2) is 4.64. The molecule has 1 aromatic heterocycles. The van der Waals surface area contributed by atoms with E-state index < -0.39 is 0 Å². The van der Waals surface area contributed by atoms with Gasteiger partial charge in [-0.15, -0.1) is 0 Å². The Morgan fingerprint density at radius 1 is 1.26 bits per heavy atom. The first-order valence-electron chi connectivity index (χ1n) is 6.74. The van der Waals surface area contributed by atoms with Gasteiger partial charge in [0, 0.05) is 6.04 Å². The lowest BCUT2D eigenvalue weighted by atomic mass is 9.92. The van der Waals surface area contributed by atoms with Gasteiger partial charge in [-0.25, -0.2) is 0 Å². The molecule has 100 valence electrons.